The molecular formula is C11H9Cl2N3OS. The van der Waals surface area contributed by atoms with Gasteiger partial charge in [-0.25, -0.2) is 0 Å². The van der Waals surface area contributed by atoms with Gasteiger partial charge in [0.05, 0.1) is 27.8 Å². The third-order valence-electron chi connectivity index (χ3n) is 2.23. The van der Waals surface area contributed by atoms with Crippen LogP contribution in [0, 0.1) is 0 Å². The fraction of sp³-hybridized carbons (Fsp3) is 0.0909. The molecular weight excluding hydrogens is 293 g/mol. The van der Waals surface area contributed by atoms with Crippen LogP contribution in [-0.2, 0) is 6.54 Å². The van der Waals surface area contributed by atoms with Crippen molar-refractivity contribution in [3.05, 3.63) is 44.3 Å². The SMILES string of the molecule is Nc1cc(C(=O)NCc2cncs2)cc(Cl)c1Cl. The van der Waals surface area contributed by atoms with Gasteiger partial charge >= 0.3 is 0 Å². The molecule has 4 nitrogen and oxygen atoms in total. The van der Waals surface area contributed by atoms with E-state index in [1.807, 2.05) is 0 Å². The molecule has 0 atom stereocenters. The van der Waals surface area contributed by atoms with E-state index < -0.39 is 0 Å². The minimum absolute atomic E-state index is 0.256. The number of halogens is 2. The molecule has 0 spiro atoms. The number of carbonyl (C=O) groups is 1. The molecule has 0 unspecified atom stereocenters. The Labute approximate surface area is 118 Å². The molecule has 18 heavy (non-hydrogen) atoms. The number of thiazole rings is 1. The second kappa shape index (κ2) is 5.56. The van der Waals surface area contributed by atoms with Gasteiger partial charge < -0.3 is 11.1 Å². The Kier molecular flexibility index (Phi) is 4.06. The summed E-state index contributed by atoms with van der Waals surface area (Å²) in [7, 11) is 0. The second-order valence-electron chi connectivity index (χ2n) is 3.51. The largest absolute Gasteiger partial charge is 0.397 e. The molecule has 2 rings (SSSR count). The number of nitrogens with one attached hydrogen (secondary N) is 1. The molecule has 7 heteroatoms. The van der Waals surface area contributed by atoms with E-state index in [2.05, 4.69) is 10.3 Å². The molecule has 0 fully saturated rings. The maximum Gasteiger partial charge on any atom is 0.251 e. The van der Waals surface area contributed by atoms with E-state index in [1.54, 1.807) is 11.7 Å². The van der Waals surface area contributed by atoms with Crippen molar-refractivity contribution in [3.63, 3.8) is 0 Å². The predicted octanol–water partition coefficient (Wildman–Crippen LogP) is 2.96. The minimum atomic E-state index is -0.256. The van der Waals surface area contributed by atoms with E-state index in [1.165, 1.54) is 23.5 Å². The highest BCUT2D eigenvalue weighted by Crippen LogP contribution is 2.29. The van der Waals surface area contributed by atoms with Crippen molar-refractivity contribution < 1.29 is 4.79 Å². The predicted molar refractivity (Wildman–Crippen MR) is 74.2 cm³/mol. The molecule has 0 bridgehead atoms. The van der Waals surface area contributed by atoms with Crippen molar-refractivity contribution in [2.45, 2.75) is 6.54 Å². The summed E-state index contributed by atoms with van der Waals surface area (Å²) >= 11 is 13.2. The number of rotatable bonds is 3. The summed E-state index contributed by atoms with van der Waals surface area (Å²) < 4.78 is 0. The van der Waals surface area contributed by atoms with Gasteiger partial charge in [-0.15, -0.1) is 11.3 Å². The smallest absolute Gasteiger partial charge is 0.251 e. The average Bonchev–Trinajstić information content (AvgIpc) is 2.85. The van der Waals surface area contributed by atoms with Gasteiger partial charge in [-0.05, 0) is 12.1 Å². The average molecular weight is 302 g/mol. The molecule has 0 aliphatic rings. The van der Waals surface area contributed by atoms with Crippen molar-refractivity contribution >= 4 is 46.1 Å². The van der Waals surface area contributed by atoms with Crippen LogP contribution in [0.4, 0.5) is 5.69 Å². The topological polar surface area (TPSA) is 68.0 Å². The van der Waals surface area contributed by atoms with Crippen LogP contribution >= 0.6 is 34.5 Å². The number of nitrogens with two attached hydrogens (primary N) is 1. The maximum absolute atomic E-state index is 11.9. The Morgan fingerprint density at radius 1 is 1.44 bits per heavy atom. The van der Waals surface area contributed by atoms with Crippen LogP contribution < -0.4 is 11.1 Å². The summed E-state index contributed by atoms with van der Waals surface area (Å²) in [6.45, 7) is 0.420. The normalized spacial score (nSPS) is 10.3. The molecule has 0 radical (unpaired) electrons. The van der Waals surface area contributed by atoms with Crippen LogP contribution in [0.3, 0.4) is 0 Å². The molecule has 0 aliphatic heterocycles. The van der Waals surface area contributed by atoms with Crippen LogP contribution in [0.15, 0.2) is 23.8 Å². The fourth-order valence-electron chi connectivity index (χ4n) is 1.34. The molecule has 0 aliphatic carbocycles. The first-order valence-electron chi connectivity index (χ1n) is 4.98. The zero-order valence-electron chi connectivity index (χ0n) is 9.11. The summed E-state index contributed by atoms with van der Waals surface area (Å²) in [5, 5.41) is 3.27. The Morgan fingerprint density at radius 2 is 2.22 bits per heavy atom. The highest BCUT2D eigenvalue weighted by Gasteiger charge is 2.11. The lowest BCUT2D eigenvalue weighted by Gasteiger charge is -2.07. The lowest BCUT2D eigenvalue weighted by atomic mass is 10.2. The first-order valence-corrected chi connectivity index (χ1v) is 6.61. The first-order chi connectivity index (χ1) is 8.58. The van der Waals surface area contributed by atoms with Gasteiger partial charge in [0, 0.05) is 16.6 Å². The molecule has 0 saturated heterocycles. The number of benzene rings is 1. The summed E-state index contributed by atoms with van der Waals surface area (Å²) in [6, 6.07) is 2.98. The van der Waals surface area contributed by atoms with E-state index in [4.69, 9.17) is 28.9 Å². The van der Waals surface area contributed by atoms with Crippen molar-refractivity contribution in [1.29, 1.82) is 0 Å². The molecule has 3 N–H and O–H groups in total. The van der Waals surface area contributed by atoms with Gasteiger partial charge in [0.2, 0.25) is 0 Å². The summed E-state index contributed by atoms with van der Waals surface area (Å²) in [5.41, 5.74) is 8.02. The number of hydrogen-bond donors (Lipinski definition) is 2. The van der Waals surface area contributed by atoms with Crippen LogP contribution in [0.2, 0.25) is 10.0 Å². The van der Waals surface area contributed by atoms with Gasteiger partial charge in [0.25, 0.3) is 5.91 Å². The number of amides is 1. The molecule has 1 aromatic heterocycles. The van der Waals surface area contributed by atoms with Crippen molar-refractivity contribution in [2.24, 2.45) is 0 Å². The van der Waals surface area contributed by atoms with Crippen LogP contribution in [0.25, 0.3) is 0 Å². The number of anilines is 1. The molecule has 94 valence electrons. The third-order valence-corrected chi connectivity index (χ3v) is 3.82. The highest BCUT2D eigenvalue weighted by molar-refractivity contribution is 7.09. The second-order valence-corrected chi connectivity index (χ2v) is 5.27. The monoisotopic (exact) mass is 301 g/mol. The quantitative estimate of drug-likeness (QED) is 0.857. The summed E-state index contributed by atoms with van der Waals surface area (Å²) in [6.07, 6.45) is 1.70. The van der Waals surface area contributed by atoms with Gasteiger partial charge in [-0.2, -0.15) is 0 Å². The Bertz CT molecular complexity index is 549. The Hall–Kier alpha value is -1.30. The Morgan fingerprint density at radius 3 is 2.83 bits per heavy atom. The lowest BCUT2D eigenvalue weighted by molar-refractivity contribution is 0.0951. The molecule has 1 aromatic carbocycles. The lowest BCUT2D eigenvalue weighted by Crippen LogP contribution is -2.22. The highest BCUT2D eigenvalue weighted by atomic mass is 35.5. The van der Waals surface area contributed by atoms with Crippen LogP contribution in [0.5, 0.6) is 0 Å². The van der Waals surface area contributed by atoms with Crippen molar-refractivity contribution in [1.82, 2.24) is 10.3 Å². The van der Waals surface area contributed by atoms with E-state index in [9.17, 15) is 4.79 Å². The fourth-order valence-corrected chi connectivity index (χ4v) is 2.21. The van der Waals surface area contributed by atoms with Gasteiger partial charge in [0.15, 0.2) is 0 Å². The third kappa shape index (κ3) is 2.93. The number of nitrogens with zero attached hydrogens (tertiary/aromatic N) is 1. The van der Waals surface area contributed by atoms with Crippen molar-refractivity contribution in [2.75, 3.05) is 5.73 Å². The summed E-state index contributed by atoms with van der Waals surface area (Å²) in [4.78, 5) is 16.8. The Balaban J connectivity index is 2.09. The standard InChI is InChI=1S/C11H9Cl2N3OS/c12-8-1-6(2-9(14)10(8)13)11(17)16-4-7-3-15-5-18-7/h1-3,5H,4,14H2,(H,16,17). The zero-order chi connectivity index (χ0) is 13.1. The molecule has 0 saturated carbocycles. The zero-order valence-corrected chi connectivity index (χ0v) is 11.4. The van der Waals surface area contributed by atoms with E-state index in [0.29, 0.717) is 12.1 Å². The number of aromatic nitrogens is 1. The maximum atomic E-state index is 11.9. The van der Waals surface area contributed by atoms with E-state index in [0.717, 1.165) is 4.88 Å². The molecule has 1 heterocycles. The van der Waals surface area contributed by atoms with Gasteiger partial charge in [0.1, 0.15) is 0 Å². The summed E-state index contributed by atoms with van der Waals surface area (Å²) in [5.74, 6) is -0.256. The van der Waals surface area contributed by atoms with E-state index >= 15 is 0 Å². The van der Waals surface area contributed by atoms with Gasteiger partial charge in [-0.1, -0.05) is 23.2 Å². The van der Waals surface area contributed by atoms with Crippen molar-refractivity contribution in [3.8, 4) is 0 Å². The molecule has 1 amide bonds. The van der Waals surface area contributed by atoms with E-state index in [-0.39, 0.29) is 21.6 Å². The molecule has 2 aromatic rings. The number of nitrogen functional groups attached to an aromatic ring is 1. The van der Waals surface area contributed by atoms with Crippen LogP contribution in [0.1, 0.15) is 15.2 Å². The van der Waals surface area contributed by atoms with Crippen LogP contribution in [-0.4, -0.2) is 10.9 Å². The minimum Gasteiger partial charge on any atom is -0.397 e. The van der Waals surface area contributed by atoms with Gasteiger partial charge in [-0.3, -0.25) is 9.78 Å². The number of carbonyl (C=O) groups excluding carboxylic acids is 1. The number of hydrogen-bond acceptors (Lipinski definition) is 4. The first kappa shape index (κ1) is 13.1.